The first kappa shape index (κ1) is 28.3. The molecule has 3 amide bonds. The molecule has 42 heavy (non-hydrogen) atoms. The highest BCUT2D eigenvalue weighted by atomic mass is 16.6. The van der Waals surface area contributed by atoms with Crippen molar-refractivity contribution in [2.24, 2.45) is 0 Å². The molecule has 2 saturated heterocycles. The highest BCUT2D eigenvalue weighted by Crippen LogP contribution is 2.52. The van der Waals surface area contributed by atoms with Crippen LogP contribution in [0, 0.1) is 0 Å². The summed E-state index contributed by atoms with van der Waals surface area (Å²) >= 11 is 0. The molecule has 0 saturated carbocycles. The van der Waals surface area contributed by atoms with Crippen molar-refractivity contribution in [3.8, 4) is 0 Å². The molecule has 1 aromatic heterocycles. The van der Waals surface area contributed by atoms with Gasteiger partial charge in [-0.25, -0.2) is 4.79 Å². The van der Waals surface area contributed by atoms with Crippen molar-refractivity contribution in [3.63, 3.8) is 0 Å². The molecule has 1 unspecified atom stereocenters. The van der Waals surface area contributed by atoms with Crippen LogP contribution in [0.4, 0.5) is 4.79 Å². The average molecular weight is 571 g/mol. The zero-order valence-corrected chi connectivity index (χ0v) is 24.9. The normalized spacial score (nSPS) is 20.5. The summed E-state index contributed by atoms with van der Waals surface area (Å²) in [5.41, 5.74) is 3.62. The molecule has 8 heteroatoms. The van der Waals surface area contributed by atoms with Gasteiger partial charge in [-0.05, 0) is 75.6 Å². The lowest BCUT2D eigenvalue weighted by atomic mass is 9.73. The number of carbonyl (C=O) groups is 3. The predicted molar refractivity (Wildman–Crippen MR) is 162 cm³/mol. The number of benzene rings is 2. The maximum Gasteiger partial charge on any atom is 0.408 e. The van der Waals surface area contributed by atoms with Gasteiger partial charge in [0.25, 0.3) is 0 Å². The van der Waals surface area contributed by atoms with Crippen LogP contribution in [0.5, 0.6) is 0 Å². The van der Waals surface area contributed by atoms with E-state index in [9.17, 15) is 14.4 Å². The van der Waals surface area contributed by atoms with Crippen molar-refractivity contribution in [2.75, 3.05) is 26.2 Å². The minimum atomic E-state index is -0.756. The van der Waals surface area contributed by atoms with Crippen LogP contribution in [0.25, 0.3) is 10.9 Å². The Kier molecular flexibility index (Phi) is 7.50. The van der Waals surface area contributed by atoms with Crippen molar-refractivity contribution in [1.82, 2.24) is 20.1 Å². The van der Waals surface area contributed by atoms with Crippen molar-refractivity contribution < 1.29 is 19.1 Å². The van der Waals surface area contributed by atoms with Gasteiger partial charge >= 0.3 is 6.09 Å². The lowest BCUT2D eigenvalue weighted by molar-refractivity contribution is -0.136. The van der Waals surface area contributed by atoms with E-state index in [1.807, 2.05) is 67.1 Å². The Balaban J connectivity index is 1.20. The summed E-state index contributed by atoms with van der Waals surface area (Å²) in [5, 5.41) is 3.92. The predicted octanol–water partition coefficient (Wildman–Crippen LogP) is 5.27. The third kappa shape index (κ3) is 5.51. The summed E-state index contributed by atoms with van der Waals surface area (Å²) in [6.07, 6.45) is 6.25. The summed E-state index contributed by atoms with van der Waals surface area (Å²) in [5.74, 6) is 0.0534. The number of hydrogen-bond acceptors (Lipinski definition) is 4. The number of alkyl carbamates (subject to hydrolysis) is 1. The summed E-state index contributed by atoms with van der Waals surface area (Å²) < 4.78 is 5.54. The van der Waals surface area contributed by atoms with Crippen LogP contribution < -0.4 is 5.32 Å². The van der Waals surface area contributed by atoms with Crippen LogP contribution in [0.2, 0.25) is 0 Å². The molecule has 1 spiro atoms. The van der Waals surface area contributed by atoms with Crippen LogP contribution in [-0.2, 0) is 26.2 Å². The number of ether oxygens (including phenoxy) is 1. The van der Waals surface area contributed by atoms with Crippen LogP contribution in [0.15, 0.2) is 54.7 Å². The fraction of sp³-hybridized carbons (Fsp3) is 0.500. The van der Waals surface area contributed by atoms with Crippen molar-refractivity contribution in [2.45, 2.75) is 82.3 Å². The van der Waals surface area contributed by atoms with E-state index in [-0.39, 0.29) is 23.1 Å². The number of nitrogens with zero attached hydrogens (tertiary/aromatic N) is 2. The highest BCUT2D eigenvalue weighted by Gasteiger charge is 2.49. The minimum absolute atomic E-state index is 0.100. The number of rotatable bonds is 5. The van der Waals surface area contributed by atoms with E-state index >= 15 is 0 Å². The van der Waals surface area contributed by atoms with Crippen molar-refractivity contribution in [3.05, 3.63) is 71.4 Å². The number of para-hydroxylation sites is 1. The number of hydrogen-bond donors (Lipinski definition) is 2. The number of likely N-dealkylation sites (tertiary alicyclic amines) is 2. The smallest absolute Gasteiger partial charge is 0.408 e. The van der Waals surface area contributed by atoms with Gasteiger partial charge in [0.15, 0.2) is 0 Å². The van der Waals surface area contributed by atoms with E-state index in [4.69, 9.17) is 4.74 Å². The van der Waals surface area contributed by atoms with Gasteiger partial charge in [0.1, 0.15) is 11.6 Å². The van der Waals surface area contributed by atoms with Gasteiger partial charge in [0.05, 0.1) is 5.92 Å². The molecule has 2 atom stereocenters. The number of carbonyl (C=O) groups excluding carboxylic acids is 3. The zero-order valence-electron chi connectivity index (χ0n) is 24.9. The molecule has 2 fully saturated rings. The second-order valence-electron chi connectivity index (χ2n) is 13.2. The maximum atomic E-state index is 14.0. The highest BCUT2D eigenvalue weighted by molar-refractivity contribution is 5.89. The lowest BCUT2D eigenvalue weighted by Gasteiger charge is -2.41. The molecular formula is C34H42N4O4. The molecule has 222 valence electrons. The van der Waals surface area contributed by atoms with Crippen LogP contribution >= 0.6 is 0 Å². The van der Waals surface area contributed by atoms with Gasteiger partial charge in [-0.2, -0.15) is 0 Å². The maximum absolute atomic E-state index is 14.0. The number of aromatic nitrogens is 1. The molecule has 8 nitrogen and oxygen atoms in total. The van der Waals surface area contributed by atoms with E-state index in [1.54, 1.807) is 0 Å². The number of fused-ring (bicyclic) bond motifs is 3. The summed E-state index contributed by atoms with van der Waals surface area (Å²) in [4.78, 5) is 47.7. The fourth-order valence-corrected chi connectivity index (χ4v) is 7.29. The summed E-state index contributed by atoms with van der Waals surface area (Å²) in [6.45, 7) is 8.32. The Morgan fingerprint density at radius 2 is 1.67 bits per heavy atom. The van der Waals surface area contributed by atoms with E-state index in [0.29, 0.717) is 19.5 Å². The quantitative estimate of drug-likeness (QED) is 0.437. The molecule has 3 aliphatic rings. The lowest BCUT2D eigenvalue weighted by Crippen LogP contribution is -2.54. The SMILES string of the molecule is CC(C)(C)OC(=O)NC(Cc1c[nH]c2ccccc12)C(=O)N1CCC2(CC1)C[C@@H](C(=O)N1CCCC1)c1ccccc12. The first-order chi connectivity index (χ1) is 20.1. The van der Waals surface area contributed by atoms with Gasteiger partial charge in [0.2, 0.25) is 11.8 Å². The second kappa shape index (κ2) is 11.1. The molecule has 3 heterocycles. The molecule has 2 aromatic carbocycles. The van der Waals surface area contributed by atoms with Gasteiger partial charge < -0.3 is 24.8 Å². The number of nitrogens with one attached hydrogen (secondary N) is 2. The molecule has 0 radical (unpaired) electrons. The Bertz CT molecular complexity index is 1470. The molecule has 1 aliphatic carbocycles. The number of aromatic amines is 1. The van der Waals surface area contributed by atoms with Gasteiger partial charge in [0, 0.05) is 55.1 Å². The molecule has 2 N–H and O–H groups in total. The first-order valence-electron chi connectivity index (χ1n) is 15.4. The van der Waals surface area contributed by atoms with E-state index in [1.165, 1.54) is 5.56 Å². The number of piperidine rings is 1. The Morgan fingerprint density at radius 1 is 0.976 bits per heavy atom. The topological polar surface area (TPSA) is 94.7 Å². The Morgan fingerprint density at radius 3 is 2.40 bits per heavy atom. The van der Waals surface area contributed by atoms with E-state index < -0.39 is 17.7 Å². The molecule has 6 rings (SSSR count). The van der Waals surface area contributed by atoms with Gasteiger partial charge in [-0.3, -0.25) is 9.59 Å². The average Bonchev–Trinajstić information content (AvgIpc) is 3.71. The van der Waals surface area contributed by atoms with Gasteiger partial charge in [-0.15, -0.1) is 0 Å². The van der Waals surface area contributed by atoms with Crippen LogP contribution in [-0.4, -0.2) is 70.5 Å². The summed E-state index contributed by atoms with van der Waals surface area (Å²) in [7, 11) is 0. The Hall–Kier alpha value is -3.81. The van der Waals surface area contributed by atoms with E-state index in [0.717, 1.165) is 67.2 Å². The molecule has 0 bridgehead atoms. The van der Waals surface area contributed by atoms with Crippen molar-refractivity contribution >= 4 is 28.8 Å². The van der Waals surface area contributed by atoms with Crippen LogP contribution in [0.1, 0.15) is 75.5 Å². The number of amides is 3. The fourth-order valence-electron chi connectivity index (χ4n) is 7.29. The first-order valence-corrected chi connectivity index (χ1v) is 15.4. The number of H-pyrrole nitrogens is 1. The standard InChI is InChI=1S/C34H42N4O4/c1-33(2,3)42-32(41)36-29(20-23-22-35-28-13-7-5-10-24(23)28)31(40)38-18-14-34(15-19-38)21-26(25-11-4-6-12-27(25)34)30(39)37-16-8-9-17-37/h4-7,10-13,22,26,29,35H,8-9,14-21H2,1-3H3,(H,36,41)/t26-,29?/m1/s1. The largest absolute Gasteiger partial charge is 0.444 e. The Labute approximate surface area is 247 Å². The monoisotopic (exact) mass is 570 g/mol. The third-order valence-corrected chi connectivity index (χ3v) is 9.34. The second-order valence-corrected chi connectivity index (χ2v) is 13.2. The van der Waals surface area contributed by atoms with Crippen molar-refractivity contribution in [1.29, 1.82) is 0 Å². The molecule has 2 aliphatic heterocycles. The minimum Gasteiger partial charge on any atom is -0.444 e. The van der Waals surface area contributed by atoms with Gasteiger partial charge in [-0.1, -0.05) is 42.5 Å². The third-order valence-electron chi connectivity index (χ3n) is 9.34. The zero-order chi connectivity index (χ0) is 29.5. The van der Waals surface area contributed by atoms with Crippen LogP contribution in [0.3, 0.4) is 0 Å². The van der Waals surface area contributed by atoms with E-state index in [2.05, 4.69) is 28.5 Å². The molecule has 3 aromatic rings. The molecular weight excluding hydrogens is 528 g/mol. The summed E-state index contributed by atoms with van der Waals surface area (Å²) in [6, 6.07) is 15.6.